The van der Waals surface area contributed by atoms with Gasteiger partial charge in [0.15, 0.2) is 11.0 Å². The molecule has 31 heavy (non-hydrogen) atoms. The number of rotatable bonds is 9. The number of carbonyl (C=O) groups is 1. The highest BCUT2D eigenvalue weighted by Crippen LogP contribution is 2.40. The highest BCUT2D eigenvalue weighted by atomic mass is 35.5. The number of amides is 1. The maximum Gasteiger partial charge on any atom is 0.233 e. The molecular weight excluding hydrogens is 432 g/mol. The van der Waals surface area contributed by atoms with Gasteiger partial charge in [-0.25, -0.2) is 0 Å². The zero-order valence-electron chi connectivity index (χ0n) is 17.5. The number of aromatic nitrogens is 3. The van der Waals surface area contributed by atoms with E-state index in [4.69, 9.17) is 16.3 Å². The first kappa shape index (κ1) is 21.7. The van der Waals surface area contributed by atoms with Gasteiger partial charge in [-0.1, -0.05) is 65.8 Å². The monoisotopic (exact) mass is 456 g/mol. The summed E-state index contributed by atoms with van der Waals surface area (Å²) in [6.07, 6.45) is 2.16. The fraction of sp³-hybridized carbons (Fsp3) is 0.348. The van der Waals surface area contributed by atoms with Crippen molar-refractivity contribution in [2.45, 2.75) is 55.8 Å². The first-order valence-corrected chi connectivity index (χ1v) is 11.6. The molecule has 4 rings (SSSR count). The van der Waals surface area contributed by atoms with Crippen LogP contribution in [-0.4, -0.2) is 25.9 Å². The van der Waals surface area contributed by atoms with Gasteiger partial charge in [0.05, 0.1) is 16.3 Å². The second-order valence-corrected chi connectivity index (χ2v) is 9.34. The molecule has 2 unspecified atom stereocenters. The van der Waals surface area contributed by atoms with Crippen LogP contribution in [0.2, 0.25) is 5.02 Å². The van der Waals surface area contributed by atoms with Crippen molar-refractivity contribution >= 4 is 29.3 Å². The Balaban J connectivity index is 1.41. The first-order chi connectivity index (χ1) is 15.0. The second-order valence-electron chi connectivity index (χ2n) is 7.62. The molecule has 0 bridgehead atoms. The van der Waals surface area contributed by atoms with Crippen LogP contribution >= 0.6 is 23.4 Å². The number of ether oxygens (including phenoxy) is 1. The fourth-order valence-corrected chi connectivity index (χ4v) is 4.39. The molecule has 1 aliphatic rings. The Morgan fingerprint density at radius 3 is 2.58 bits per heavy atom. The Hall–Kier alpha value is -2.51. The SMILES string of the molecule is CC(Sc1nnc(COc2ccccc2Cl)n1C1CC1)C(=O)NC(C)c1ccccc1. The van der Waals surface area contributed by atoms with Gasteiger partial charge in [-0.3, -0.25) is 9.36 Å². The lowest BCUT2D eigenvalue weighted by molar-refractivity contribution is -0.120. The number of para-hydroxylation sites is 1. The minimum atomic E-state index is -0.301. The van der Waals surface area contributed by atoms with E-state index in [-0.39, 0.29) is 23.8 Å². The average Bonchev–Trinajstić information content (AvgIpc) is 3.54. The maximum absolute atomic E-state index is 12.8. The smallest absolute Gasteiger partial charge is 0.233 e. The van der Waals surface area contributed by atoms with Crippen molar-refractivity contribution in [1.82, 2.24) is 20.1 Å². The number of thioether (sulfide) groups is 1. The Kier molecular flexibility index (Phi) is 6.83. The van der Waals surface area contributed by atoms with Crippen molar-refractivity contribution in [3.8, 4) is 5.75 Å². The third kappa shape index (κ3) is 5.40. The molecule has 1 aromatic heterocycles. The van der Waals surface area contributed by atoms with E-state index in [1.807, 2.05) is 62.4 Å². The van der Waals surface area contributed by atoms with Crippen LogP contribution in [0.1, 0.15) is 50.2 Å². The molecule has 0 saturated heterocycles. The van der Waals surface area contributed by atoms with Crippen molar-refractivity contribution in [3.63, 3.8) is 0 Å². The molecule has 162 valence electrons. The summed E-state index contributed by atoms with van der Waals surface area (Å²) in [4.78, 5) is 12.8. The average molecular weight is 457 g/mol. The normalized spacial score (nSPS) is 15.3. The van der Waals surface area contributed by atoms with Crippen molar-refractivity contribution < 1.29 is 9.53 Å². The zero-order valence-corrected chi connectivity index (χ0v) is 19.1. The third-order valence-electron chi connectivity index (χ3n) is 5.15. The lowest BCUT2D eigenvalue weighted by Gasteiger charge is -2.18. The highest BCUT2D eigenvalue weighted by Gasteiger charge is 2.31. The molecular formula is C23H25ClN4O2S. The van der Waals surface area contributed by atoms with Crippen LogP contribution in [0.3, 0.4) is 0 Å². The summed E-state index contributed by atoms with van der Waals surface area (Å²) in [5.74, 6) is 1.34. The summed E-state index contributed by atoms with van der Waals surface area (Å²) < 4.78 is 7.97. The van der Waals surface area contributed by atoms with Crippen LogP contribution in [0.25, 0.3) is 0 Å². The van der Waals surface area contributed by atoms with Crippen molar-refractivity contribution in [2.75, 3.05) is 0 Å². The predicted molar refractivity (Wildman–Crippen MR) is 122 cm³/mol. The maximum atomic E-state index is 12.8. The molecule has 0 aliphatic heterocycles. The van der Waals surface area contributed by atoms with Crippen molar-refractivity contribution in [1.29, 1.82) is 0 Å². The van der Waals surface area contributed by atoms with E-state index in [9.17, 15) is 4.79 Å². The van der Waals surface area contributed by atoms with Crippen LogP contribution in [0.15, 0.2) is 59.8 Å². The molecule has 1 fully saturated rings. The van der Waals surface area contributed by atoms with E-state index in [2.05, 4.69) is 20.1 Å². The van der Waals surface area contributed by atoms with E-state index in [0.29, 0.717) is 16.8 Å². The molecule has 1 N–H and O–H groups in total. The summed E-state index contributed by atoms with van der Waals surface area (Å²) in [6.45, 7) is 4.16. The molecule has 1 amide bonds. The Morgan fingerprint density at radius 2 is 1.87 bits per heavy atom. The zero-order chi connectivity index (χ0) is 21.8. The molecule has 0 radical (unpaired) electrons. The van der Waals surface area contributed by atoms with Gasteiger partial charge in [-0.05, 0) is 44.4 Å². The largest absolute Gasteiger partial charge is 0.484 e. The van der Waals surface area contributed by atoms with Gasteiger partial charge in [-0.15, -0.1) is 10.2 Å². The molecule has 1 saturated carbocycles. The molecule has 3 aromatic rings. The van der Waals surface area contributed by atoms with Crippen LogP contribution < -0.4 is 10.1 Å². The van der Waals surface area contributed by atoms with Crippen LogP contribution in [0, 0.1) is 0 Å². The lowest BCUT2D eigenvalue weighted by Crippen LogP contribution is -2.33. The molecule has 0 spiro atoms. The fourth-order valence-electron chi connectivity index (χ4n) is 3.26. The Labute approximate surface area is 191 Å². The standard InChI is InChI=1S/C23H25ClN4O2S/c1-15(17-8-4-3-5-9-17)25-22(29)16(2)31-23-27-26-21(28(23)18-12-13-18)14-30-20-11-7-6-10-19(20)24/h3-11,15-16,18H,12-14H2,1-2H3,(H,25,29). The number of halogens is 1. The number of nitrogens with zero attached hydrogens (tertiary/aromatic N) is 3. The summed E-state index contributed by atoms with van der Waals surface area (Å²) in [7, 11) is 0. The quantitative estimate of drug-likeness (QED) is 0.448. The van der Waals surface area contributed by atoms with E-state index in [1.165, 1.54) is 11.8 Å². The molecule has 8 heteroatoms. The Bertz CT molecular complexity index is 1040. The van der Waals surface area contributed by atoms with Crippen LogP contribution in [0.5, 0.6) is 5.75 Å². The van der Waals surface area contributed by atoms with E-state index < -0.39 is 0 Å². The van der Waals surface area contributed by atoms with Crippen molar-refractivity contribution in [3.05, 3.63) is 71.0 Å². The van der Waals surface area contributed by atoms with Gasteiger partial charge in [0.25, 0.3) is 0 Å². The number of benzene rings is 2. The third-order valence-corrected chi connectivity index (χ3v) is 6.52. The number of hydrogen-bond donors (Lipinski definition) is 1. The molecule has 2 atom stereocenters. The molecule has 2 aromatic carbocycles. The van der Waals surface area contributed by atoms with Crippen molar-refractivity contribution in [2.24, 2.45) is 0 Å². The summed E-state index contributed by atoms with van der Waals surface area (Å²) >= 11 is 7.61. The highest BCUT2D eigenvalue weighted by molar-refractivity contribution is 8.00. The number of hydrogen-bond acceptors (Lipinski definition) is 5. The number of nitrogens with one attached hydrogen (secondary N) is 1. The van der Waals surface area contributed by atoms with Gasteiger partial charge in [0.1, 0.15) is 12.4 Å². The lowest BCUT2D eigenvalue weighted by atomic mass is 10.1. The van der Waals surface area contributed by atoms with E-state index >= 15 is 0 Å². The van der Waals surface area contributed by atoms with E-state index in [1.54, 1.807) is 6.07 Å². The van der Waals surface area contributed by atoms with Gasteiger partial charge in [0, 0.05) is 6.04 Å². The van der Waals surface area contributed by atoms with Gasteiger partial charge in [-0.2, -0.15) is 0 Å². The number of carbonyl (C=O) groups excluding carboxylic acids is 1. The summed E-state index contributed by atoms with van der Waals surface area (Å²) in [5.41, 5.74) is 1.08. The van der Waals surface area contributed by atoms with Crippen LogP contribution in [-0.2, 0) is 11.4 Å². The predicted octanol–water partition coefficient (Wildman–Crippen LogP) is 5.20. The minimum absolute atomic E-state index is 0.0273. The summed E-state index contributed by atoms with van der Waals surface area (Å²) in [6, 6.07) is 17.6. The summed E-state index contributed by atoms with van der Waals surface area (Å²) in [5, 5.41) is 12.8. The Morgan fingerprint density at radius 1 is 1.16 bits per heavy atom. The minimum Gasteiger partial charge on any atom is -0.484 e. The first-order valence-electron chi connectivity index (χ1n) is 10.4. The van der Waals surface area contributed by atoms with E-state index in [0.717, 1.165) is 29.4 Å². The second kappa shape index (κ2) is 9.75. The molecule has 6 nitrogen and oxygen atoms in total. The topological polar surface area (TPSA) is 69.0 Å². The van der Waals surface area contributed by atoms with Gasteiger partial charge >= 0.3 is 0 Å². The van der Waals surface area contributed by atoms with Gasteiger partial charge in [0.2, 0.25) is 5.91 Å². The molecule has 1 heterocycles. The molecule has 1 aliphatic carbocycles. The van der Waals surface area contributed by atoms with Crippen LogP contribution in [0.4, 0.5) is 0 Å². The van der Waals surface area contributed by atoms with Gasteiger partial charge < -0.3 is 10.1 Å².